The van der Waals surface area contributed by atoms with Crippen LogP contribution < -0.4 is 5.43 Å². The smallest absolute Gasteiger partial charge is 0.235 e. The monoisotopic (exact) mass is 304 g/mol. The van der Waals surface area contributed by atoms with Gasteiger partial charge in [0, 0.05) is 16.7 Å². The first kappa shape index (κ1) is 13.3. The Kier molecular flexibility index (Phi) is 2.99. The largest absolute Gasteiger partial charge is 0.504 e. The Morgan fingerprint density at radius 2 is 1.71 bits per heavy atom. The van der Waals surface area contributed by atoms with Crippen molar-refractivity contribution >= 4 is 22.6 Å². The van der Waals surface area contributed by atoms with Crippen molar-refractivity contribution in [1.82, 2.24) is 0 Å². The highest BCUT2D eigenvalue weighted by atomic mass is 35.5. The molecule has 0 saturated heterocycles. The third-order valence-electron chi connectivity index (χ3n) is 3.05. The fourth-order valence-electron chi connectivity index (χ4n) is 2.03. The molecule has 6 heteroatoms. The Morgan fingerprint density at radius 3 is 2.43 bits per heavy atom. The van der Waals surface area contributed by atoms with Crippen molar-refractivity contribution in [2.45, 2.75) is 0 Å². The van der Waals surface area contributed by atoms with Crippen molar-refractivity contribution < 1.29 is 19.7 Å². The van der Waals surface area contributed by atoms with Crippen molar-refractivity contribution in [3.05, 3.63) is 51.6 Å². The van der Waals surface area contributed by atoms with Gasteiger partial charge in [-0.2, -0.15) is 0 Å². The summed E-state index contributed by atoms with van der Waals surface area (Å²) < 4.78 is 5.47. The van der Waals surface area contributed by atoms with Crippen LogP contribution >= 0.6 is 11.6 Å². The van der Waals surface area contributed by atoms with E-state index in [4.69, 9.17) is 16.0 Å². The lowest BCUT2D eigenvalue weighted by molar-refractivity contribution is 0.403. The Hall–Kier alpha value is -2.66. The van der Waals surface area contributed by atoms with E-state index in [1.165, 1.54) is 6.07 Å². The van der Waals surface area contributed by atoms with Crippen LogP contribution in [0.25, 0.3) is 22.3 Å². The summed E-state index contributed by atoms with van der Waals surface area (Å²) >= 11 is 5.88. The number of benzene rings is 2. The first-order valence-corrected chi connectivity index (χ1v) is 6.33. The van der Waals surface area contributed by atoms with Crippen LogP contribution in [0.3, 0.4) is 0 Å². The predicted molar refractivity (Wildman–Crippen MR) is 77.9 cm³/mol. The number of rotatable bonds is 1. The zero-order chi connectivity index (χ0) is 15.1. The number of phenolic OH excluding ortho intramolecular Hbond substituents is 2. The summed E-state index contributed by atoms with van der Waals surface area (Å²) in [6, 6.07) is 8.60. The number of halogens is 1. The van der Waals surface area contributed by atoms with Gasteiger partial charge in [-0.15, -0.1) is 0 Å². The number of hydrogen-bond donors (Lipinski definition) is 3. The molecular weight excluding hydrogens is 296 g/mol. The fraction of sp³-hybridized carbons (Fsp3) is 0. The molecule has 0 atom stereocenters. The number of fused-ring (bicyclic) bond motifs is 1. The van der Waals surface area contributed by atoms with Gasteiger partial charge in [-0.25, -0.2) is 0 Å². The van der Waals surface area contributed by atoms with Crippen molar-refractivity contribution in [1.29, 1.82) is 0 Å². The molecular formula is C15H9ClO5. The Labute approximate surface area is 123 Å². The van der Waals surface area contributed by atoms with Crippen LogP contribution in [0.15, 0.2) is 45.6 Å². The summed E-state index contributed by atoms with van der Waals surface area (Å²) in [7, 11) is 0. The molecule has 0 aliphatic rings. The van der Waals surface area contributed by atoms with E-state index >= 15 is 0 Å². The lowest BCUT2D eigenvalue weighted by Crippen LogP contribution is -2.02. The SMILES string of the molecule is O=c1c(O)c(-c2cccc(Cl)c2)oc2cc(O)c(O)cc12. The van der Waals surface area contributed by atoms with E-state index in [0.717, 1.165) is 12.1 Å². The van der Waals surface area contributed by atoms with Gasteiger partial charge in [0.25, 0.3) is 0 Å². The Balaban J connectivity index is 2.37. The molecule has 0 fully saturated rings. The average Bonchev–Trinajstić information content (AvgIpc) is 2.45. The second kappa shape index (κ2) is 4.71. The van der Waals surface area contributed by atoms with Crippen molar-refractivity contribution in [2.75, 3.05) is 0 Å². The van der Waals surface area contributed by atoms with E-state index in [9.17, 15) is 20.1 Å². The molecule has 21 heavy (non-hydrogen) atoms. The second-order valence-electron chi connectivity index (χ2n) is 4.46. The van der Waals surface area contributed by atoms with Gasteiger partial charge in [0.2, 0.25) is 11.2 Å². The normalized spacial score (nSPS) is 10.9. The summed E-state index contributed by atoms with van der Waals surface area (Å²) in [6.07, 6.45) is 0. The second-order valence-corrected chi connectivity index (χ2v) is 4.89. The number of hydrogen-bond acceptors (Lipinski definition) is 5. The standard InChI is InChI=1S/C15H9ClO5/c16-8-3-1-2-7(4-8)15-14(20)13(19)9-5-10(17)11(18)6-12(9)21-15/h1-6,17-18,20H. The quantitative estimate of drug-likeness (QED) is 0.600. The molecule has 5 nitrogen and oxygen atoms in total. The molecule has 1 heterocycles. The highest BCUT2D eigenvalue weighted by Gasteiger charge is 2.17. The topological polar surface area (TPSA) is 90.9 Å². The highest BCUT2D eigenvalue weighted by molar-refractivity contribution is 6.30. The molecule has 106 valence electrons. The third kappa shape index (κ3) is 2.17. The van der Waals surface area contributed by atoms with Crippen LogP contribution in [0, 0.1) is 0 Å². The average molecular weight is 305 g/mol. The lowest BCUT2D eigenvalue weighted by Gasteiger charge is -2.07. The summed E-state index contributed by atoms with van der Waals surface area (Å²) in [4.78, 5) is 12.1. The van der Waals surface area contributed by atoms with Crippen molar-refractivity contribution in [3.8, 4) is 28.6 Å². The third-order valence-corrected chi connectivity index (χ3v) is 3.29. The molecule has 3 rings (SSSR count). The molecule has 0 bridgehead atoms. The van der Waals surface area contributed by atoms with E-state index < -0.39 is 22.7 Å². The summed E-state index contributed by atoms with van der Waals surface area (Å²) in [6.45, 7) is 0. The summed E-state index contributed by atoms with van der Waals surface area (Å²) in [5.74, 6) is -1.53. The van der Waals surface area contributed by atoms with Crippen molar-refractivity contribution in [2.24, 2.45) is 0 Å². The molecule has 3 aromatic rings. The van der Waals surface area contributed by atoms with Gasteiger partial charge >= 0.3 is 0 Å². The van der Waals surface area contributed by atoms with E-state index in [1.54, 1.807) is 18.2 Å². The zero-order valence-corrected chi connectivity index (χ0v) is 11.3. The first-order chi connectivity index (χ1) is 9.97. The zero-order valence-electron chi connectivity index (χ0n) is 10.5. The maximum Gasteiger partial charge on any atom is 0.235 e. The van der Waals surface area contributed by atoms with Gasteiger partial charge in [-0.1, -0.05) is 23.7 Å². The molecule has 1 aromatic heterocycles. The number of aromatic hydroxyl groups is 3. The number of phenols is 2. The van der Waals surface area contributed by atoms with Gasteiger partial charge in [0.1, 0.15) is 5.58 Å². The molecule has 3 N–H and O–H groups in total. The molecule has 0 aliphatic carbocycles. The molecule has 0 saturated carbocycles. The van der Waals surface area contributed by atoms with Crippen LogP contribution in [-0.4, -0.2) is 15.3 Å². The van der Waals surface area contributed by atoms with Gasteiger partial charge in [-0.3, -0.25) is 4.79 Å². The van der Waals surface area contributed by atoms with E-state index in [-0.39, 0.29) is 16.7 Å². The lowest BCUT2D eigenvalue weighted by atomic mass is 10.1. The van der Waals surface area contributed by atoms with Crippen LogP contribution in [0.2, 0.25) is 5.02 Å². The Morgan fingerprint density at radius 1 is 1.00 bits per heavy atom. The van der Waals surface area contributed by atoms with E-state index in [0.29, 0.717) is 10.6 Å². The van der Waals surface area contributed by atoms with Crippen LogP contribution in [0.4, 0.5) is 0 Å². The van der Waals surface area contributed by atoms with Crippen molar-refractivity contribution in [3.63, 3.8) is 0 Å². The minimum absolute atomic E-state index is 0.0337. The van der Waals surface area contributed by atoms with Gasteiger partial charge in [0.05, 0.1) is 5.39 Å². The predicted octanol–water partition coefficient (Wildman–Crippen LogP) is 3.23. The summed E-state index contributed by atoms with van der Waals surface area (Å²) in [5.41, 5.74) is -0.240. The van der Waals surface area contributed by atoms with E-state index in [1.807, 2.05) is 0 Å². The van der Waals surface area contributed by atoms with Gasteiger partial charge in [-0.05, 0) is 18.2 Å². The van der Waals surface area contributed by atoms with Crippen LogP contribution in [-0.2, 0) is 0 Å². The molecule has 0 spiro atoms. The molecule has 0 amide bonds. The van der Waals surface area contributed by atoms with Gasteiger partial charge < -0.3 is 19.7 Å². The highest BCUT2D eigenvalue weighted by Crippen LogP contribution is 2.35. The fourth-order valence-corrected chi connectivity index (χ4v) is 2.22. The minimum Gasteiger partial charge on any atom is -0.504 e. The first-order valence-electron chi connectivity index (χ1n) is 5.95. The van der Waals surface area contributed by atoms with E-state index in [2.05, 4.69) is 0 Å². The Bertz CT molecular complexity index is 914. The molecule has 0 radical (unpaired) electrons. The van der Waals surface area contributed by atoms with Crippen LogP contribution in [0.5, 0.6) is 17.2 Å². The van der Waals surface area contributed by atoms with Gasteiger partial charge in [0.15, 0.2) is 17.3 Å². The molecule has 0 aliphatic heterocycles. The van der Waals surface area contributed by atoms with Crippen LogP contribution in [0.1, 0.15) is 0 Å². The molecule has 0 unspecified atom stereocenters. The minimum atomic E-state index is -0.707. The molecule has 2 aromatic carbocycles. The maximum absolute atomic E-state index is 12.1. The maximum atomic E-state index is 12.1. The summed E-state index contributed by atoms with van der Waals surface area (Å²) in [5, 5.41) is 29.3.